The predicted molar refractivity (Wildman–Crippen MR) is 254 cm³/mol. The van der Waals surface area contributed by atoms with Crippen LogP contribution in [0.5, 0.6) is 0 Å². The Labute approximate surface area is 363 Å². The summed E-state index contributed by atoms with van der Waals surface area (Å²) in [5.41, 5.74) is 0. The number of carbonyl (C=O) groups is 2. The van der Waals surface area contributed by atoms with Crippen LogP contribution in [0.4, 0.5) is 0 Å². The Morgan fingerprint density at radius 1 is 0.525 bits per heavy atom. The Morgan fingerprint density at radius 3 is 1.59 bits per heavy atom. The molecule has 0 aromatic carbocycles. The topological polar surface area (TPSA) is 95.9 Å². The second-order valence-corrected chi connectivity index (χ2v) is 16.2. The van der Waals surface area contributed by atoms with Gasteiger partial charge in [0.05, 0.1) is 25.2 Å². The molecule has 0 aliphatic rings. The van der Waals surface area contributed by atoms with Gasteiger partial charge in [-0.3, -0.25) is 9.59 Å². The third kappa shape index (κ3) is 41.6. The van der Waals surface area contributed by atoms with Crippen molar-refractivity contribution in [2.24, 2.45) is 0 Å². The summed E-state index contributed by atoms with van der Waals surface area (Å²) in [5, 5.41) is 23.7. The van der Waals surface area contributed by atoms with Crippen LogP contribution in [-0.4, -0.2) is 46.9 Å². The van der Waals surface area contributed by atoms with Gasteiger partial charge in [0.15, 0.2) is 0 Å². The third-order valence-electron chi connectivity index (χ3n) is 10.6. The normalized spacial score (nSPS) is 14.1. The number of hydrogen-bond donors (Lipinski definition) is 3. The molecule has 0 saturated carbocycles. The number of aliphatic hydroxyl groups excluding tert-OH is 2. The standard InChI is InChI=1S/C53H91NO5/c1-4-7-10-13-16-19-22-24-26-28-30-32-35-38-41-44-49(59-53(58)46-43-40-37-34-31-29-27-25-23-20-17-14-11-8-5-2)47-52(57)54-50(48-55)51(56)45-42-39-36-33-21-18-15-12-9-6-3/h8,11,14,16-17,19-20,23-27,30,32,49-51,55-56H,4-7,9-10,12-13,15,18,21-22,28-29,31,33-48H2,1-3H3,(H,54,57)/b11-8+,17-14+,19-16-,23-20+,26-24-,27-25-,32-30-. The zero-order chi connectivity index (χ0) is 43.1. The quantitative estimate of drug-likeness (QED) is 0.0247. The number of rotatable bonds is 42. The summed E-state index contributed by atoms with van der Waals surface area (Å²) >= 11 is 0. The molecule has 0 aromatic rings. The molecule has 1 amide bonds. The van der Waals surface area contributed by atoms with Gasteiger partial charge in [-0.05, 0) is 83.5 Å². The molecule has 3 N–H and O–H groups in total. The van der Waals surface area contributed by atoms with E-state index in [0.29, 0.717) is 19.3 Å². The Balaban J connectivity index is 4.74. The molecule has 0 spiro atoms. The zero-order valence-electron chi connectivity index (χ0n) is 38.4. The minimum Gasteiger partial charge on any atom is -0.462 e. The molecule has 3 unspecified atom stereocenters. The van der Waals surface area contributed by atoms with E-state index < -0.39 is 18.2 Å². The second kappa shape index (κ2) is 46.1. The monoisotopic (exact) mass is 822 g/mol. The maximum atomic E-state index is 13.2. The lowest BCUT2D eigenvalue weighted by Gasteiger charge is -2.24. The predicted octanol–water partition coefficient (Wildman–Crippen LogP) is 14.4. The van der Waals surface area contributed by atoms with E-state index in [2.05, 4.69) is 92.9 Å². The highest BCUT2D eigenvalue weighted by Gasteiger charge is 2.24. The molecule has 6 nitrogen and oxygen atoms in total. The Kier molecular flexibility index (Phi) is 43.8. The van der Waals surface area contributed by atoms with E-state index in [1.807, 2.05) is 18.2 Å². The molecule has 3 atom stereocenters. The summed E-state index contributed by atoms with van der Waals surface area (Å²) in [4.78, 5) is 26.1. The SMILES string of the molecule is CC/C=C/C=C/C=C/C=C\CCCCCCCC(=O)OC(CCCC/C=C\C/C=C\C/C=C\CCCCC)CC(=O)NC(CO)C(O)CCCCCCCCCCCC. The van der Waals surface area contributed by atoms with E-state index in [0.717, 1.165) is 96.3 Å². The number of unbranched alkanes of at least 4 members (excludes halogenated alkanes) is 19. The van der Waals surface area contributed by atoms with Crippen LogP contribution in [-0.2, 0) is 14.3 Å². The molecule has 0 heterocycles. The molecule has 6 heteroatoms. The molecule has 59 heavy (non-hydrogen) atoms. The number of esters is 1. The molecule has 0 bridgehead atoms. The van der Waals surface area contributed by atoms with Crippen LogP contribution in [0.3, 0.4) is 0 Å². The van der Waals surface area contributed by atoms with Gasteiger partial charge < -0.3 is 20.3 Å². The van der Waals surface area contributed by atoms with Gasteiger partial charge in [0.25, 0.3) is 0 Å². The zero-order valence-corrected chi connectivity index (χ0v) is 38.4. The summed E-state index contributed by atoms with van der Waals surface area (Å²) in [5.74, 6) is -0.546. The largest absolute Gasteiger partial charge is 0.462 e. The summed E-state index contributed by atoms with van der Waals surface area (Å²) < 4.78 is 5.89. The molecule has 0 saturated heterocycles. The second-order valence-electron chi connectivity index (χ2n) is 16.2. The molecule has 0 fully saturated rings. The van der Waals surface area contributed by atoms with Crippen molar-refractivity contribution in [3.05, 3.63) is 85.1 Å². The molecular weight excluding hydrogens is 731 g/mol. The number of carbonyl (C=O) groups excluding carboxylic acids is 2. The minimum atomic E-state index is -0.805. The van der Waals surface area contributed by atoms with Crippen molar-refractivity contribution >= 4 is 11.9 Å². The van der Waals surface area contributed by atoms with Gasteiger partial charge in [-0.2, -0.15) is 0 Å². The Bertz CT molecular complexity index is 1150. The van der Waals surface area contributed by atoms with E-state index in [9.17, 15) is 19.8 Å². The van der Waals surface area contributed by atoms with E-state index in [1.165, 1.54) is 70.6 Å². The Hall–Kier alpha value is -2.96. The molecule has 338 valence electrons. The summed E-state index contributed by atoms with van der Waals surface area (Å²) in [7, 11) is 0. The van der Waals surface area contributed by atoms with E-state index in [-0.39, 0.29) is 24.9 Å². The first kappa shape index (κ1) is 56.0. The van der Waals surface area contributed by atoms with Gasteiger partial charge in [-0.1, -0.05) is 202 Å². The van der Waals surface area contributed by atoms with Crippen LogP contribution < -0.4 is 5.32 Å². The van der Waals surface area contributed by atoms with Crippen molar-refractivity contribution in [3.8, 4) is 0 Å². The average Bonchev–Trinajstić information content (AvgIpc) is 3.23. The molecule has 0 rings (SSSR count). The van der Waals surface area contributed by atoms with Crippen molar-refractivity contribution in [2.75, 3.05) is 6.61 Å². The van der Waals surface area contributed by atoms with Crippen LogP contribution >= 0.6 is 0 Å². The maximum Gasteiger partial charge on any atom is 0.306 e. The smallest absolute Gasteiger partial charge is 0.306 e. The van der Waals surface area contributed by atoms with E-state index in [4.69, 9.17) is 4.74 Å². The molecular formula is C53H91NO5. The highest BCUT2D eigenvalue weighted by molar-refractivity contribution is 5.77. The van der Waals surface area contributed by atoms with Gasteiger partial charge in [0.2, 0.25) is 5.91 Å². The van der Waals surface area contributed by atoms with Crippen LogP contribution in [0, 0.1) is 0 Å². The lowest BCUT2D eigenvalue weighted by molar-refractivity contribution is -0.151. The highest BCUT2D eigenvalue weighted by Crippen LogP contribution is 2.16. The van der Waals surface area contributed by atoms with Crippen molar-refractivity contribution in [1.29, 1.82) is 0 Å². The number of nitrogens with one attached hydrogen (secondary N) is 1. The summed E-state index contributed by atoms with van der Waals surface area (Å²) in [6, 6.07) is -0.722. The van der Waals surface area contributed by atoms with Crippen LogP contribution in [0.25, 0.3) is 0 Å². The van der Waals surface area contributed by atoms with Crippen LogP contribution in [0.1, 0.15) is 213 Å². The first-order valence-electron chi connectivity index (χ1n) is 24.4. The fourth-order valence-corrected chi connectivity index (χ4v) is 6.86. The van der Waals surface area contributed by atoms with Gasteiger partial charge in [-0.25, -0.2) is 0 Å². The Morgan fingerprint density at radius 2 is 0.983 bits per heavy atom. The fraction of sp³-hybridized carbons (Fsp3) is 0.698. The fourth-order valence-electron chi connectivity index (χ4n) is 6.86. The lowest BCUT2D eigenvalue weighted by Crippen LogP contribution is -2.46. The molecule has 0 aliphatic heterocycles. The van der Waals surface area contributed by atoms with Gasteiger partial charge in [-0.15, -0.1) is 0 Å². The number of ether oxygens (including phenoxy) is 1. The van der Waals surface area contributed by atoms with Crippen molar-refractivity contribution in [1.82, 2.24) is 5.32 Å². The van der Waals surface area contributed by atoms with Gasteiger partial charge in [0, 0.05) is 6.42 Å². The lowest BCUT2D eigenvalue weighted by atomic mass is 10.0. The molecule has 0 aliphatic carbocycles. The number of amides is 1. The van der Waals surface area contributed by atoms with Crippen molar-refractivity contribution < 1.29 is 24.5 Å². The van der Waals surface area contributed by atoms with Crippen LogP contribution in [0.2, 0.25) is 0 Å². The van der Waals surface area contributed by atoms with Crippen LogP contribution in [0.15, 0.2) is 85.1 Å². The van der Waals surface area contributed by atoms with Gasteiger partial charge >= 0.3 is 5.97 Å². The van der Waals surface area contributed by atoms with Crippen molar-refractivity contribution in [3.63, 3.8) is 0 Å². The minimum absolute atomic E-state index is 0.0375. The summed E-state index contributed by atoms with van der Waals surface area (Å²) in [6.45, 7) is 6.27. The molecule has 0 aromatic heterocycles. The first-order valence-corrected chi connectivity index (χ1v) is 24.4. The highest BCUT2D eigenvalue weighted by atomic mass is 16.5. The van der Waals surface area contributed by atoms with Gasteiger partial charge in [0.1, 0.15) is 6.10 Å². The summed E-state index contributed by atoms with van der Waals surface area (Å²) in [6.07, 6.45) is 59.2. The van der Waals surface area contributed by atoms with E-state index >= 15 is 0 Å². The third-order valence-corrected chi connectivity index (χ3v) is 10.6. The number of aliphatic hydroxyl groups is 2. The average molecular weight is 822 g/mol. The van der Waals surface area contributed by atoms with E-state index in [1.54, 1.807) is 0 Å². The maximum absolute atomic E-state index is 13.2. The van der Waals surface area contributed by atoms with Crippen molar-refractivity contribution in [2.45, 2.75) is 232 Å². The molecule has 0 radical (unpaired) electrons. The number of hydrogen-bond acceptors (Lipinski definition) is 5. The number of allylic oxidation sites excluding steroid dienone is 14. The first-order chi connectivity index (χ1) is 29.0.